The van der Waals surface area contributed by atoms with Crippen molar-refractivity contribution in [1.82, 2.24) is 0 Å². The lowest BCUT2D eigenvalue weighted by atomic mass is 9.99. The zero-order valence-electron chi connectivity index (χ0n) is 15.7. The van der Waals surface area contributed by atoms with Gasteiger partial charge in [0.05, 0.1) is 6.61 Å². The van der Waals surface area contributed by atoms with Crippen molar-refractivity contribution in [3.05, 3.63) is 29.3 Å². The van der Waals surface area contributed by atoms with E-state index >= 15 is 0 Å². The van der Waals surface area contributed by atoms with Gasteiger partial charge in [-0.2, -0.15) is 0 Å². The molecule has 0 atom stereocenters. The van der Waals surface area contributed by atoms with Crippen molar-refractivity contribution in [3.8, 4) is 5.75 Å². The fourth-order valence-corrected chi connectivity index (χ4v) is 2.82. The fourth-order valence-electron chi connectivity index (χ4n) is 2.82. The summed E-state index contributed by atoms with van der Waals surface area (Å²) in [5.74, 6) is 0.655. The average molecular weight is 335 g/mol. The Morgan fingerprint density at radius 2 is 1.54 bits per heavy atom. The Balaban J connectivity index is 2.70. The Bertz CT molecular complexity index is 468. The Labute approximate surface area is 147 Å². The van der Waals surface area contributed by atoms with Crippen LogP contribution in [0.1, 0.15) is 83.3 Å². The van der Waals surface area contributed by atoms with Gasteiger partial charge in [-0.15, -0.1) is 0 Å². The number of benzene rings is 1. The Hall–Kier alpha value is -1.51. The second-order valence-electron chi connectivity index (χ2n) is 6.35. The first kappa shape index (κ1) is 20.5. The number of unbranched alkanes of at least 4 members (excludes halogenated alkanes) is 6. The van der Waals surface area contributed by atoms with Crippen LogP contribution in [0.4, 0.5) is 4.79 Å². The van der Waals surface area contributed by atoms with Gasteiger partial charge in [-0.25, -0.2) is 4.79 Å². The average Bonchev–Trinajstić information content (AvgIpc) is 2.57. The smallest absolute Gasteiger partial charge is 0.434 e. The highest BCUT2D eigenvalue weighted by molar-refractivity contribution is 5.64. The molecule has 0 aliphatic rings. The molecule has 1 aromatic carbocycles. The lowest BCUT2D eigenvalue weighted by Gasteiger charge is -2.12. The highest BCUT2D eigenvalue weighted by Gasteiger charge is 2.11. The zero-order chi connectivity index (χ0) is 17.6. The standard InChI is InChI=1S/C21H34O3/c1-4-7-9-11-13-18-15-16-20(24-21(22)23-6-3)19(17-18)14-12-10-8-5-2/h15-17H,4-14H2,1-3H3. The van der Waals surface area contributed by atoms with Gasteiger partial charge in [0.15, 0.2) is 0 Å². The van der Waals surface area contributed by atoms with Crippen LogP contribution in [-0.2, 0) is 17.6 Å². The second-order valence-corrected chi connectivity index (χ2v) is 6.35. The quantitative estimate of drug-likeness (QED) is 0.250. The van der Waals surface area contributed by atoms with Gasteiger partial charge in [0.2, 0.25) is 0 Å². The van der Waals surface area contributed by atoms with Crippen molar-refractivity contribution in [2.24, 2.45) is 0 Å². The molecule has 0 aliphatic heterocycles. The molecular formula is C21H34O3. The number of carbonyl (C=O) groups is 1. The summed E-state index contributed by atoms with van der Waals surface area (Å²) in [6.07, 6.45) is 11.3. The van der Waals surface area contributed by atoms with Crippen LogP contribution in [0.2, 0.25) is 0 Å². The van der Waals surface area contributed by atoms with Crippen molar-refractivity contribution < 1.29 is 14.3 Å². The highest BCUT2D eigenvalue weighted by atomic mass is 16.7. The van der Waals surface area contributed by atoms with Gasteiger partial charge in [-0.1, -0.05) is 64.5 Å². The minimum atomic E-state index is -0.608. The molecule has 0 saturated carbocycles. The maximum atomic E-state index is 11.6. The molecule has 0 aliphatic carbocycles. The molecule has 0 aromatic heterocycles. The van der Waals surface area contributed by atoms with Crippen molar-refractivity contribution in [1.29, 1.82) is 0 Å². The normalized spacial score (nSPS) is 10.6. The Morgan fingerprint density at radius 3 is 2.17 bits per heavy atom. The number of hydrogen-bond donors (Lipinski definition) is 0. The van der Waals surface area contributed by atoms with E-state index in [1.165, 1.54) is 50.5 Å². The van der Waals surface area contributed by atoms with E-state index in [0.717, 1.165) is 24.8 Å². The van der Waals surface area contributed by atoms with E-state index in [0.29, 0.717) is 12.4 Å². The lowest BCUT2D eigenvalue weighted by Crippen LogP contribution is -2.11. The largest absolute Gasteiger partial charge is 0.513 e. The van der Waals surface area contributed by atoms with E-state index in [2.05, 4.69) is 26.0 Å². The van der Waals surface area contributed by atoms with E-state index < -0.39 is 6.16 Å². The topological polar surface area (TPSA) is 35.5 Å². The third-order valence-electron chi connectivity index (χ3n) is 4.20. The van der Waals surface area contributed by atoms with Gasteiger partial charge in [0.1, 0.15) is 5.75 Å². The van der Waals surface area contributed by atoms with E-state index in [4.69, 9.17) is 9.47 Å². The molecule has 0 spiro atoms. The third-order valence-corrected chi connectivity index (χ3v) is 4.20. The van der Waals surface area contributed by atoms with Crippen LogP contribution in [0.25, 0.3) is 0 Å². The molecule has 1 aromatic rings. The number of hydrogen-bond acceptors (Lipinski definition) is 3. The first-order valence-electron chi connectivity index (χ1n) is 9.67. The summed E-state index contributed by atoms with van der Waals surface area (Å²) in [6, 6.07) is 6.23. The number of rotatable bonds is 12. The van der Waals surface area contributed by atoms with Gasteiger partial charge >= 0.3 is 6.16 Å². The summed E-state index contributed by atoms with van der Waals surface area (Å²) in [5.41, 5.74) is 2.47. The lowest BCUT2D eigenvalue weighted by molar-refractivity contribution is 0.104. The summed E-state index contributed by atoms with van der Waals surface area (Å²) in [6.45, 7) is 6.56. The van der Waals surface area contributed by atoms with E-state index in [-0.39, 0.29) is 0 Å². The number of carbonyl (C=O) groups excluding carboxylic acids is 1. The number of ether oxygens (including phenoxy) is 2. The fraction of sp³-hybridized carbons (Fsp3) is 0.667. The third kappa shape index (κ3) is 8.37. The van der Waals surface area contributed by atoms with Crippen LogP contribution < -0.4 is 4.74 Å². The van der Waals surface area contributed by atoms with Crippen LogP contribution in [0, 0.1) is 0 Å². The molecule has 0 saturated heterocycles. The molecule has 3 nitrogen and oxygen atoms in total. The zero-order valence-corrected chi connectivity index (χ0v) is 15.7. The van der Waals surface area contributed by atoms with Crippen LogP contribution in [0.3, 0.4) is 0 Å². The van der Waals surface area contributed by atoms with Gasteiger partial charge in [-0.3, -0.25) is 0 Å². The maximum Gasteiger partial charge on any atom is 0.513 e. The molecule has 24 heavy (non-hydrogen) atoms. The van der Waals surface area contributed by atoms with Gasteiger partial charge < -0.3 is 9.47 Å². The summed E-state index contributed by atoms with van der Waals surface area (Å²) >= 11 is 0. The van der Waals surface area contributed by atoms with Crippen molar-refractivity contribution in [2.75, 3.05) is 6.61 Å². The molecule has 0 fully saturated rings. The highest BCUT2D eigenvalue weighted by Crippen LogP contribution is 2.24. The van der Waals surface area contributed by atoms with Crippen LogP contribution in [-0.4, -0.2) is 12.8 Å². The molecule has 0 radical (unpaired) electrons. The molecular weight excluding hydrogens is 300 g/mol. The van der Waals surface area contributed by atoms with Crippen molar-refractivity contribution in [3.63, 3.8) is 0 Å². The van der Waals surface area contributed by atoms with E-state index in [1.54, 1.807) is 6.92 Å². The van der Waals surface area contributed by atoms with E-state index in [9.17, 15) is 4.79 Å². The molecule has 0 amide bonds. The molecule has 0 N–H and O–H groups in total. The first-order chi connectivity index (χ1) is 11.7. The van der Waals surface area contributed by atoms with Crippen LogP contribution in [0.15, 0.2) is 18.2 Å². The van der Waals surface area contributed by atoms with Crippen LogP contribution >= 0.6 is 0 Å². The molecule has 0 bridgehead atoms. The summed E-state index contributed by atoms with van der Waals surface area (Å²) in [7, 11) is 0. The maximum absolute atomic E-state index is 11.6. The molecule has 3 heteroatoms. The first-order valence-corrected chi connectivity index (χ1v) is 9.67. The molecule has 1 rings (SSSR count). The minimum Gasteiger partial charge on any atom is -0.434 e. The van der Waals surface area contributed by atoms with Gasteiger partial charge in [0.25, 0.3) is 0 Å². The van der Waals surface area contributed by atoms with Crippen molar-refractivity contribution in [2.45, 2.75) is 85.0 Å². The molecule has 0 unspecified atom stereocenters. The van der Waals surface area contributed by atoms with E-state index in [1.807, 2.05) is 6.07 Å². The number of aryl methyl sites for hydroxylation is 2. The summed E-state index contributed by atoms with van der Waals surface area (Å²) in [4.78, 5) is 11.6. The predicted molar refractivity (Wildman–Crippen MR) is 99.8 cm³/mol. The Morgan fingerprint density at radius 1 is 0.875 bits per heavy atom. The second kappa shape index (κ2) is 12.9. The Kier molecular flexibility index (Phi) is 11.0. The molecule has 136 valence electrons. The predicted octanol–water partition coefficient (Wildman–Crippen LogP) is 6.47. The monoisotopic (exact) mass is 334 g/mol. The summed E-state index contributed by atoms with van der Waals surface area (Å²) < 4.78 is 10.3. The van der Waals surface area contributed by atoms with Crippen molar-refractivity contribution >= 4 is 6.16 Å². The van der Waals surface area contributed by atoms with Gasteiger partial charge in [0, 0.05) is 0 Å². The SMILES string of the molecule is CCCCCCc1ccc(OC(=O)OCC)c(CCCCCC)c1. The summed E-state index contributed by atoms with van der Waals surface area (Å²) in [5, 5.41) is 0. The molecule has 0 heterocycles. The van der Waals surface area contributed by atoms with Gasteiger partial charge in [-0.05, 0) is 49.8 Å². The van der Waals surface area contributed by atoms with Crippen LogP contribution in [0.5, 0.6) is 5.75 Å². The minimum absolute atomic E-state index is 0.334.